The first-order valence-corrected chi connectivity index (χ1v) is 9.27. The molecule has 1 fully saturated rings. The molecule has 1 unspecified atom stereocenters. The number of nitrogens with one attached hydrogen (secondary N) is 1. The molecular weight excluding hydrogens is 414 g/mol. The van der Waals surface area contributed by atoms with Gasteiger partial charge in [-0.1, -0.05) is 0 Å². The Hall–Kier alpha value is -2.44. The van der Waals surface area contributed by atoms with Gasteiger partial charge in [0, 0.05) is 18.1 Å². The summed E-state index contributed by atoms with van der Waals surface area (Å²) in [5.41, 5.74) is 0. The van der Waals surface area contributed by atoms with Crippen LogP contribution in [-0.4, -0.2) is 110 Å². The predicted octanol–water partition coefficient (Wildman–Crippen LogP) is -1.43. The van der Waals surface area contributed by atoms with Crippen molar-refractivity contribution in [3.05, 3.63) is 0 Å². The lowest BCUT2D eigenvalue weighted by atomic mass is 9.84. The van der Waals surface area contributed by atoms with Crippen molar-refractivity contribution < 1.29 is 44.4 Å². The van der Waals surface area contributed by atoms with E-state index in [9.17, 15) is 24.0 Å². The molecule has 0 heterocycles. The minimum absolute atomic E-state index is 0.115. The highest BCUT2D eigenvalue weighted by Gasteiger charge is 2.40. The van der Waals surface area contributed by atoms with Crippen LogP contribution in [0.25, 0.3) is 0 Å². The topological polar surface area (TPSA) is 185 Å². The SMILES string of the molecule is O=C(O)CN(CC(=O)O)[C@@H]1CCC(NC(=O)CCl)C[C@H]1N(CC(=O)O)CC(=O)O. The summed E-state index contributed by atoms with van der Waals surface area (Å²) in [6.45, 7) is -2.50. The fourth-order valence-electron chi connectivity index (χ4n) is 3.62. The van der Waals surface area contributed by atoms with Crippen molar-refractivity contribution in [3.8, 4) is 0 Å². The third-order valence-corrected chi connectivity index (χ3v) is 4.80. The van der Waals surface area contributed by atoms with Crippen LogP contribution in [0.1, 0.15) is 19.3 Å². The summed E-state index contributed by atoms with van der Waals surface area (Å²) in [7, 11) is 0. The summed E-state index contributed by atoms with van der Waals surface area (Å²) in [6.07, 6.45) is 0.714. The number of carbonyl (C=O) groups is 5. The van der Waals surface area contributed by atoms with Crippen molar-refractivity contribution >= 4 is 41.4 Å². The molecule has 0 saturated heterocycles. The number of halogens is 1. The van der Waals surface area contributed by atoms with Gasteiger partial charge in [0.15, 0.2) is 0 Å². The number of aliphatic carboxylic acids is 4. The van der Waals surface area contributed by atoms with E-state index in [1.807, 2.05) is 0 Å². The molecule has 13 heteroatoms. The van der Waals surface area contributed by atoms with E-state index in [1.54, 1.807) is 0 Å². The molecule has 0 bridgehead atoms. The molecule has 0 aromatic rings. The molecule has 0 radical (unpaired) electrons. The number of carbonyl (C=O) groups excluding carboxylic acids is 1. The van der Waals surface area contributed by atoms with E-state index in [1.165, 1.54) is 4.90 Å². The molecule has 5 N–H and O–H groups in total. The quantitative estimate of drug-likeness (QED) is 0.225. The van der Waals surface area contributed by atoms with Gasteiger partial charge in [-0.25, -0.2) is 0 Å². The highest BCUT2D eigenvalue weighted by molar-refractivity contribution is 6.27. The van der Waals surface area contributed by atoms with Crippen LogP contribution in [0.2, 0.25) is 0 Å². The molecule has 0 aromatic carbocycles. The van der Waals surface area contributed by atoms with E-state index in [0.29, 0.717) is 6.42 Å². The van der Waals surface area contributed by atoms with Crippen LogP contribution >= 0.6 is 11.6 Å². The molecule has 1 aliphatic carbocycles. The van der Waals surface area contributed by atoms with E-state index in [2.05, 4.69) is 5.32 Å². The zero-order valence-corrected chi connectivity index (χ0v) is 16.2. The molecule has 12 nitrogen and oxygen atoms in total. The second kappa shape index (κ2) is 11.5. The smallest absolute Gasteiger partial charge is 0.317 e. The van der Waals surface area contributed by atoms with Gasteiger partial charge >= 0.3 is 23.9 Å². The summed E-state index contributed by atoms with van der Waals surface area (Å²) in [4.78, 5) is 58.8. The second-order valence-corrected chi connectivity index (χ2v) is 7.00. The van der Waals surface area contributed by atoms with Crippen LogP contribution < -0.4 is 5.32 Å². The van der Waals surface area contributed by atoms with Gasteiger partial charge in [-0.05, 0) is 19.3 Å². The largest absolute Gasteiger partial charge is 0.480 e. The van der Waals surface area contributed by atoms with E-state index >= 15 is 0 Å². The van der Waals surface area contributed by atoms with Crippen molar-refractivity contribution in [2.45, 2.75) is 37.4 Å². The number of rotatable bonds is 12. The summed E-state index contributed by atoms with van der Waals surface area (Å²) in [5, 5.41) is 39.3. The van der Waals surface area contributed by atoms with Crippen molar-refractivity contribution in [2.24, 2.45) is 0 Å². The molecule has 1 rings (SSSR count). The van der Waals surface area contributed by atoms with Crippen molar-refractivity contribution in [1.29, 1.82) is 0 Å². The Labute approximate surface area is 171 Å². The molecule has 29 heavy (non-hydrogen) atoms. The maximum atomic E-state index is 11.6. The van der Waals surface area contributed by atoms with Gasteiger partial charge in [0.05, 0.1) is 26.2 Å². The Morgan fingerprint density at radius 1 is 0.759 bits per heavy atom. The summed E-state index contributed by atoms with van der Waals surface area (Å²) >= 11 is 5.48. The average molecular weight is 438 g/mol. The van der Waals surface area contributed by atoms with E-state index in [0.717, 1.165) is 4.90 Å². The van der Waals surface area contributed by atoms with E-state index < -0.39 is 74.1 Å². The van der Waals surface area contributed by atoms with Gasteiger partial charge in [0.25, 0.3) is 0 Å². The van der Waals surface area contributed by atoms with Crippen molar-refractivity contribution in [3.63, 3.8) is 0 Å². The minimum Gasteiger partial charge on any atom is -0.480 e. The Morgan fingerprint density at radius 2 is 1.17 bits per heavy atom. The highest BCUT2D eigenvalue weighted by Crippen LogP contribution is 2.28. The fraction of sp³-hybridized carbons (Fsp3) is 0.688. The van der Waals surface area contributed by atoms with Gasteiger partial charge in [0.2, 0.25) is 5.91 Å². The predicted molar refractivity (Wildman–Crippen MR) is 97.8 cm³/mol. The molecule has 0 aromatic heterocycles. The van der Waals surface area contributed by atoms with E-state index in [-0.39, 0.29) is 18.7 Å². The van der Waals surface area contributed by atoms with Gasteiger partial charge in [-0.2, -0.15) is 0 Å². The number of carboxylic acids is 4. The Balaban J connectivity index is 3.21. The zero-order chi connectivity index (χ0) is 22.1. The average Bonchev–Trinajstić information content (AvgIpc) is 2.58. The van der Waals surface area contributed by atoms with Gasteiger partial charge < -0.3 is 25.7 Å². The van der Waals surface area contributed by atoms with Crippen molar-refractivity contribution in [2.75, 3.05) is 32.1 Å². The maximum absolute atomic E-state index is 11.6. The Bertz CT molecular complexity index is 613. The Kier molecular flexibility index (Phi) is 9.78. The first kappa shape index (κ1) is 24.6. The summed E-state index contributed by atoms with van der Waals surface area (Å²) in [6, 6.07) is -1.98. The molecule has 3 atom stereocenters. The lowest BCUT2D eigenvalue weighted by molar-refractivity contribution is -0.149. The highest BCUT2D eigenvalue weighted by atomic mass is 35.5. The first-order valence-electron chi connectivity index (χ1n) is 8.74. The van der Waals surface area contributed by atoms with E-state index in [4.69, 9.17) is 32.0 Å². The third kappa shape index (κ3) is 8.62. The summed E-state index contributed by atoms with van der Waals surface area (Å²) < 4.78 is 0. The summed E-state index contributed by atoms with van der Waals surface area (Å²) in [5.74, 6) is -5.87. The van der Waals surface area contributed by atoms with Crippen molar-refractivity contribution in [1.82, 2.24) is 15.1 Å². The third-order valence-electron chi connectivity index (χ3n) is 4.56. The fourth-order valence-corrected chi connectivity index (χ4v) is 3.70. The number of amides is 1. The molecule has 0 aliphatic heterocycles. The van der Waals surface area contributed by atoms with Crippen LogP contribution in [0, 0.1) is 0 Å². The molecule has 1 amide bonds. The molecule has 164 valence electrons. The number of nitrogens with zero attached hydrogens (tertiary/aromatic N) is 2. The monoisotopic (exact) mass is 437 g/mol. The molecule has 0 spiro atoms. The van der Waals surface area contributed by atoms with Gasteiger partial charge in [-0.15, -0.1) is 11.6 Å². The Morgan fingerprint density at radius 3 is 1.55 bits per heavy atom. The standard InChI is InChI=1S/C16H24ClN3O9/c17-4-12(21)18-9-1-2-10(19(5-13(22)23)6-14(24)25)11(3-9)20(7-15(26)27)8-16(28)29/h9-11H,1-8H2,(H,18,21)(H,22,23)(H,24,25)(H,26,27)(H,28,29)/t9?,10-,11-/m1/s1. The first-order chi connectivity index (χ1) is 13.5. The second-order valence-electron chi connectivity index (χ2n) is 6.73. The molecule has 1 saturated carbocycles. The molecular formula is C16H24ClN3O9. The number of carboxylic acid groups (broad SMARTS) is 4. The minimum atomic E-state index is -1.29. The lowest BCUT2D eigenvalue weighted by Crippen LogP contribution is -2.60. The van der Waals surface area contributed by atoms with Crippen LogP contribution in [-0.2, 0) is 24.0 Å². The van der Waals surface area contributed by atoms with Crippen LogP contribution in [0.5, 0.6) is 0 Å². The number of hydrogen-bond donors (Lipinski definition) is 5. The number of hydrogen-bond acceptors (Lipinski definition) is 7. The molecule has 1 aliphatic rings. The van der Waals surface area contributed by atoms with Crippen LogP contribution in [0.15, 0.2) is 0 Å². The van der Waals surface area contributed by atoms with Crippen LogP contribution in [0.3, 0.4) is 0 Å². The van der Waals surface area contributed by atoms with Gasteiger partial charge in [-0.3, -0.25) is 33.8 Å². The zero-order valence-electron chi connectivity index (χ0n) is 15.5. The lowest BCUT2D eigenvalue weighted by Gasteiger charge is -2.45. The van der Waals surface area contributed by atoms with Crippen LogP contribution in [0.4, 0.5) is 0 Å². The normalized spacial score (nSPS) is 21.7. The number of alkyl halides is 1. The maximum Gasteiger partial charge on any atom is 0.317 e. The van der Waals surface area contributed by atoms with Gasteiger partial charge in [0.1, 0.15) is 5.88 Å².